The minimum atomic E-state index is -0.524. The van der Waals surface area contributed by atoms with Gasteiger partial charge in [-0.25, -0.2) is 9.48 Å². The van der Waals surface area contributed by atoms with Crippen LogP contribution in [0.5, 0.6) is 5.75 Å². The summed E-state index contributed by atoms with van der Waals surface area (Å²) in [5.74, 6) is -0.0420. The molecule has 37 heavy (non-hydrogen) atoms. The predicted molar refractivity (Wildman–Crippen MR) is 139 cm³/mol. The summed E-state index contributed by atoms with van der Waals surface area (Å²) in [6.07, 6.45) is 3.97. The van der Waals surface area contributed by atoms with Crippen molar-refractivity contribution in [3.8, 4) is 11.4 Å². The summed E-state index contributed by atoms with van der Waals surface area (Å²) in [4.78, 5) is 28.4. The van der Waals surface area contributed by atoms with Gasteiger partial charge in [-0.3, -0.25) is 9.48 Å². The van der Waals surface area contributed by atoms with Gasteiger partial charge < -0.3 is 14.4 Å². The minimum absolute atomic E-state index is 0.186. The number of hydrogen-bond donors (Lipinski definition) is 0. The number of fused-ring (bicyclic) bond motifs is 1. The van der Waals surface area contributed by atoms with Gasteiger partial charge in [0.2, 0.25) is 0 Å². The molecule has 0 radical (unpaired) electrons. The molecule has 1 amide bonds. The lowest BCUT2D eigenvalue weighted by molar-refractivity contribution is 0.0517. The number of esters is 1. The zero-order valence-corrected chi connectivity index (χ0v) is 21.2. The van der Waals surface area contributed by atoms with Crippen LogP contribution in [0.25, 0.3) is 5.69 Å². The van der Waals surface area contributed by atoms with Gasteiger partial charge in [-0.2, -0.15) is 10.2 Å². The van der Waals surface area contributed by atoms with Crippen LogP contribution in [0.1, 0.15) is 44.7 Å². The van der Waals surface area contributed by atoms with E-state index in [-0.39, 0.29) is 18.2 Å². The van der Waals surface area contributed by atoms with Crippen molar-refractivity contribution >= 4 is 17.6 Å². The summed E-state index contributed by atoms with van der Waals surface area (Å²) in [6, 6.07) is 17.3. The molecule has 9 nitrogen and oxygen atoms in total. The molecular weight excluding hydrogens is 470 g/mol. The van der Waals surface area contributed by atoms with E-state index in [4.69, 9.17) is 9.47 Å². The van der Waals surface area contributed by atoms with Gasteiger partial charge in [0.05, 0.1) is 19.4 Å². The highest BCUT2D eigenvalue weighted by molar-refractivity contribution is 6.09. The van der Waals surface area contributed by atoms with E-state index in [9.17, 15) is 9.59 Å². The first-order valence-corrected chi connectivity index (χ1v) is 12.3. The van der Waals surface area contributed by atoms with Gasteiger partial charge in [0.15, 0.2) is 5.69 Å². The van der Waals surface area contributed by atoms with Gasteiger partial charge in [0.25, 0.3) is 5.91 Å². The van der Waals surface area contributed by atoms with Gasteiger partial charge in [-0.05, 0) is 74.2 Å². The molecular formula is C28H29N5O4. The van der Waals surface area contributed by atoms with Crippen molar-refractivity contribution in [3.05, 3.63) is 89.0 Å². The second-order valence-electron chi connectivity index (χ2n) is 8.83. The molecule has 4 aromatic rings. The largest absolute Gasteiger partial charge is 0.497 e. The van der Waals surface area contributed by atoms with Crippen molar-refractivity contribution in [1.29, 1.82) is 0 Å². The Morgan fingerprint density at radius 1 is 1.05 bits per heavy atom. The van der Waals surface area contributed by atoms with Gasteiger partial charge >= 0.3 is 5.97 Å². The van der Waals surface area contributed by atoms with Crippen LogP contribution < -0.4 is 9.64 Å². The first kappa shape index (κ1) is 24.3. The van der Waals surface area contributed by atoms with E-state index < -0.39 is 5.97 Å². The predicted octanol–water partition coefficient (Wildman–Crippen LogP) is 3.78. The highest BCUT2D eigenvalue weighted by atomic mass is 16.5. The van der Waals surface area contributed by atoms with Gasteiger partial charge in [0.1, 0.15) is 11.4 Å². The SMILES string of the molecule is CCOC(=O)c1nn(-c2ccc(OC)cc2)c2c1CCN(c1cccc(CCc3ccnn3C)c1)C2=O. The monoisotopic (exact) mass is 499 g/mol. The Bertz CT molecular complexity index is 1440. The average Bonchev–Trinajstić information content (AvgIpc) is 3.52. The van der Waals surface area contributed by atoms with Gasteiger partial charge in [0, 0.05) is 36.7 Å². The Balaban J connectivity index is 1.48. The van der Waals surface area contributed by atoms with E-state index in [0.717, 1.165) is 29.8 Å². The van der Waals surface area contributed by atoms with Crippen molar-refractivity contribution in [3.63, 3.8) is 0 Å². The van der Waals surface area contributed by atoms with Crippen LogP contribution >= 0.6 is 0 Å². The zero-order valence-electron chi connectivity index (χ0n) is 21.2. The first-order valence-electron chi connectivity index (χ1n) is 12.3. The fourth-order valence-electron chi connectivity index (χ4n) is 4.68. The molecule has 1 aliphatic rings. The van der Waals surface area contributed by atoms with E-state index >= 15 is 0 Å². The van der Waals surface area contributed by atoms with Crippen LogP contribution in [0.4, 0.5) is 5.69 Å². The number of nitrogens with zero attached hydrogens (tertiary/aromatic N) is 5. The fourth-order valence-corrected chi connectivity index (χ4v) is 4.68. The number of hydrogen-bond acceptors (Lipinski definition) is 6. The Hall–Kier alpha value is -4.40. The number of rotatable bonds is 8. The van der Waals surface area contributed by atoms with Crippen LogP contribution in [0.3, 0.4) is 0 Å². The van der Waals surface area contributed by atoms with E-state index in [0.29, 0.717) is 35.7 Å². The molecule has 0 bridgehead atoms. The van der Waals surface area contributed by atoms with Crippen LogP contribution in [0.2, 0.25) is 0 Å². The third-order valence-electron chi connectivity index (χ3n) is 6.62. The molecule has 2 aromatic heterocycles. The van der Waals surface area contributed by atoms with E-state index in [1.165, 1.54) is 0 Å². The molecule has 0 spiro atoms. The molecule has 5 rings (SSSR count). The summed E-state index contributed by atoms with van der Waals surface area (Å²) < 4.78 is 13.9. The molecule has 1 aliphatic heterocycles. The van der Waals surface area contributed by atoms with Crippen LogP contribution in [-0.4, -0.2) is 51.7 Å². The number of ether oxygens (including phenoxy) is 2. The van der Waals surface area contributed by atoms with E-state index in [1.54, 1.807) is 41.9 Å². The van der Waals surface area contributed by atoms with E-state index in [1.807, 2.05) is 42.1 Å². The van der Waals surface area contributed by atoms with Crippen molar-refractivity contribution < 1.29 is 19.1 Å². The third kappa shape index (κ3) is 4.72. The number of carbonyl (C=O) groups excluding carboxylic acids is 2. The smallest absolute Gasteiger partial charge is 0.359 e. The van der Waals surface area contributed by atoms with Crippen molar-refractivity contribution in [2.24, 2.45) is 7.05 Å². The standard InChI is InChI=1S/C28H29N5O4/c1-4-37-28(35)25-24-15-17-32(22-7-5-6-19(18-22)8-9-20-14-16-29-31(20)2)27(34)26(24)33(30-25)21-10-12-23(36-3)13-11-21/h5-7,10-14,16,18H,4,8-9,15,17H2,1-3H3. The van der Waals surface area contributed by atoms with Crippen molar-refractivity contribution in [2.75, 3.05) is 25.2 Å². The van der Waals surface area contributed by atoms with Crippen molar-refractivity contribution in [1.82, 2.24) is 19.6 Å². The molecule has 0 saturated carbocycles. The number of aryl methyl sites for hydroxylation is 3. The highest BCUT2D eigenvalue weighted by Crippen LogP contribution is 2.30. The maximum absolute atomic E-state index is 13.9. The summed E-state index contributed by atoms with van der Waals surface area (Å²) in [6.45, 7) is 2.42. The Morgan fingerprint density at radius 3 is 2.57 bits per heavy atom. The topological polar surface area (TPSA) is 91.5 Å². The lowest BCUT2D eigenvalue weighted by Gasteiger charge is -2.28. The molecule has 0 atom stereocenters. The lowest BCUT2D eigenvalue weighted by Crippen LogP contribution is -2.39. The zero-order chi connectivity index (χ0) is 25.9. The number of amides is 1. The van der Waals surface area contributed by atoms with Crippen molar-refractivity contribution in [2.45, 2.75) is 26.2 Å². The number of benzene rings is 2. The maximum Gasteiger partial charge on any atom is 0.359 e. The lowest BCUT2D eigenvalue weighted by atomic mass is 10.0. The number of aromatic nitrogens is 4. The second-order valence-corrected chi connectivity index (χ2v) is 8.83. The molecule has 9 heteroatoms. The summed E-state index contributed by atoms with van der Waals surface area (Å²) in [7, 11) is 3.53. The van der Waals surface area contributed by atoms with E-state index in [2.05, 4.69) is 22.3 Å². The molecule has 190 valence electrons. The Labute approximate surface area is 215 Å². The van der Waals surface area contributed by atoms with Gasteiger partial charge in [-0.15, -0.1) is 0 Å². The third-order valence-corrected chi connectivity index (χ3v) is 6.62. The fraction of sp³-hybridized carbons (Fsp3) is 0.286. The van der Waals surface area contributed by atoms with Crippen LogP contribution in [0.15, 0.2) is 60.8 Å². The number of carbonyl (C=O) groups is 2. The van der Waals surface area contributed by atoms with Crippen LogP contribution in [0, 0.1) is 0 Å². The molecule has 0 N–H and O–H groups in total. The molecule has 0 saturated heterocycles. The number of anilines is 1. The molecule has 0 aliphatic carbocycles. The van der Waals surface area contributed by atoms with Gasteiger partial charge in [-0.1, -0.05) is 12.1 Å². The molecule has 3 heterocycles. The molecule has 0 fully saturated rings. The summed E-state index contributed by atoms with van der Waals surface area (Å²) in [5, 5.41) is 8.78. The Morgan fingerprint density at radius 2 is 1.86 bits per heavy atom. The quantitative estimate of drug-likeness (QED) is 0.343. The first-order chi connectivity index (χ1) is 18.0. The molecule has 2 aromatic carbocycles. The summed E-state index contributed by atoms with van der Waals surface area (Å²) in [5.41, 5.74) is 4.94. The van der Waals surface area contributed by atoms with Crippen LogP contribution in [-0.2, 0) is 31.0 Å². The average molecular weight is 500 g/mol. The Kier molecular flexibility index (Phi) is 6.76. The number of methoxy groups -OCH3 is 1. The molecule has 0 unspecified atom stereocenters. The normalized spacial score (nSPS) is 12.9. The summed E-state index contributed by atoms with van der Waals surface area (Å²) >= 11 is 0. The minimum Gasteiger partial charge on any atom is -0.497 e. The second kappa shape index (κ2) is 10.3. The highest BCUT2D eigenvalue weighted by Gasteiger charge is 2.35. The maximum atomic E-state index is 13.9.